The molecule has 0 aliphatic rings. The summed E-state index contributed by atoms with van der Waals surface area (Å²) in [7, 11) is 0. The Kier molecular flexibility index (Phi) is 7.25. The van der Waals surface area contributed by atoms with Crippen LogP contribution in [-0.4, -0.2) is 16.9 Å². The van der Waals surface area contributed by atoms with Crippen LogP contribution in [0.3, 0.4) is 0 Å². The van der Waals surface area contributed by atoms with Crippen LogP contribution in [0.5, 0.6) is 0 Å². The molecule has 0 heterocycles. The second kappa shape index (κ2) is 9.64. The fourth-order valence-corrected chi connectivity index (χ4v) is 2.51. The van der Waals surface area contributed by atoms with Crippen molar-refractivity contribution in [1.29, 1.82) is 0 Å². The second-order valence-corrected chi connectivity index (χ2v) is 6.48. The Bertz CT molecular complexity index is 873. The topological polar surface area (TPSA) is 70.2 Å². The van der Waals surface area contributed by atoms with E-state index in [0.717, 1.165) is 22.4 Å². The molecule has 2 aromatic rings. The van der Waals surface area contributed by atoms with E-state index in [0.29, 0.717) is 12.1 Å². The highest BCUT2D eigenvalue weighted by Crippen LogP contribution is 2.23. The number of carbonyl (C=O) groups excluding carboxylic acids is 2. The molecule has 0 spiro atoms. The molecule has 0 aromatic heterocycles. The first kappa shape index (κ1) is 20.3. The van der Waals surface area contributed by atoms with E-state index in [4.69, 9.17) is 12.2 Å². The van der Waals surface area contributed by atoms with E-state index in [1.54, 1.807) is 13.0 Å². The van der Waals surface area contributed by atoms with Crippen molar-refractivity contribution in [2.24, 2.45) is 0 Å². The van der Waals surface area contributed by atoms with Crippen LogP contribution in [-0.2, 0) is 9.59 Å². The van der Waals surface area contributed by atoms with Crippen LogP contribution in [0.4, 0.5) is 11.4 Å². The molecular weight excluding hydrogens is 358 g/mol. The zero-order valence-corrected chi connectivity index (χ0v) is 16.4. The molecule has 2 rings (SSSR count). The van der Waals surface area contributed by atoms with Gasteiger partial charge in [-0.3, -0.25) is 14.9 Å². The Labute approximate surface area is 164 Å². The fraction of sp³-hybridized carbons (Fsp3) is 0.190. The third kappa shape index (κ3) is 6.34. The molecule has 27 heavy (non-hydrogen) atoms. The summed E-state index contributed by atoms with van der Waals surface area (Å²) in [4.78, 5) is 23.6. The summed E-state index contributed by atoms with van der Waals surface area (Å²) in [6, 6.07) is 13.3. The summed E-state index contributed by atoms with van der Waals surface area (Å²) in [6.45, 7) is 5.67. The first-order valence-electron chi connectivity index (χ1n) is 8.65. The van der Waals surface area contributed by atoms with Gasteiger partial charge in [-0.1, -0.05) is 42.8 Å². The predicted octanol–water partition coefficient (Wildman–Crippen LogP) is 4.18. The largest absolute Gasteiger partial charge is 0.332 e. The maximum absolute atomic E-state index is 12.0. The summed E-state index contributed by atoms with van der Waals surface area (Å²) in [5.41, 5.74) is 4.36. The van der Waals surface area contributed by atoms with Crippen LogP contribution >= 0.6 is 12.2 Å². The molecule has 2 amide bonds. The standard InChI is InChI=1S/C21H23N3O2S/c1-4-19(25)22-17-6-5-7-18(15(17)3)23-21(27)24-20(26)13-12-16-10-8-14(2)9-11-16/h5-13H,4H2,1-3H3,(H,22,25)(H2,23,24,26,27)/b13-12+. The second-order valence-electron chi connectivity index (χ2n) is 6.07. The molecule has 0 unspecified atom stereocenters. The third-order valence-corrected chi connectivity index (χ3v) is 4.12. The number of rotatable bonds is 5. The van der Waals surface area contributed by atoms with Crippen LogP contribution in [0.1, 0.15) is 30.0 Å². The van der Waals surface area contributed by atoms with Crippen molar-refractivity contribution >= 4 is 46.6 Å². The highest BCUT2D eigenvalue weighted by atomic mass is 32.1. The summed E-state index contributed by atoms with van der Waals surface area (Å²) >= 11 is 5.21. The zero-order valence-electron chi connectivity index (χ0n) is 15.6. The normalized spacial score (nSPS) is 10.5. The van der Waals surface area contributed by atoms with E-state index in [1.807, 2.05) is 56.3 Å². The molecule has 0 aliphatic carbocycles. The zero-order chi connectivity index (χ0) is 19.8. The van der Waals surface area contributed by atoms with Gasteiger partial charge in [-0.2, -0.15) is 0 Å². The van der Waals surface area contributed by atoms with E-state index in [-0.39, 0.29) is 16.9 Å². The van der Waals surface area contributed by atoms with E-state index >= 15 is 0 Å². The number of anilines is 2. The lowest BCUT2D eigenvalue weighted by Gasteiger charge is -2.14. The van der Waals surface area contributed by atoms with E-state index < -0.39 is 0 Å². The molecule has 0 fully saturated rings. The quantitative estimate of drug-likeness (QED) is 0.537. The monoisotopic (exact) mass is 381 g/mol. The minimum Gasteiger partial charge on any atom is -0.332 e. The Balaban J connectivity index is 1.96. The van der Waals surface area contributed by atoms with Crippen LogP contribution in [0.2, 0.25) is 0 Å². The van der Waals surface area contributed by atoms with Crippen molar-refractivity contribution in [1.82, 2.24) is 5.32 Å². The van der Waals surface area contributed by atoms with Gasteiger partial charge >= 0.3 is 0 Å². The van der Waals surface area contributed by atoms with Crippen molar-refractivity contribution in [3.05, 3.63) is 65.2 Å². The summed E-state index contributed by atoms with van der Waals surface area (Å²) in [5.74, 6) is -0.381. The molecule has 2 aromatic carbocycles. The van der Waals surface area contributed by atoms with Crippen molar-refractivity contribution in [3.8, 4) is 0 Å². The average Bonchev–Trinajstić information content (AvgIpc) is 2.64. The fourth-order valence-electron chi connectivity index (χ4n) is 2.30. The number of carbonyl (C=O) groups is 2. The molecule has 0 atom stereocenters. The number of benzene rings is 2. The number of hydrogen-bond donors (Lipinski definition) is 3. The minimum absolute atomic E-state index is 0.0626. The van der Waals surface area contributed by atoms with Gasteiger partial charge in [-0.25, -0.2) is 0 Å². The van der Waals surface area contributed by atoms with Gasteiger partial charge in [0.25, 0.3) is 0 Å². The lowest BCUT2D eigenvalue weighted by Crippen LogP contribution is -2.33. The van der Waals surface area contributed by atoms with Crippen molar-refractivity contribution in [3.63, 3.8) is 0 Å². The number of nitrogens with one attached hydrogen (secondary N) is 3. The van der Waals surface area contributed by atoms with E-state index in [1.165, 1.54) is 6.08 Å². The van der Waals surface area contributed by atoms with Crippen LogP contribution in [0, 0.1) is 13.8 Å². The molecule has 0 aliphatic heterocycles. The number of aryl methyl sites for hydroxylation is 1. The van der Waals surface area contributed by atoms with Crippen molar-refractivity contribution < 1.29 is 9.59 Å². The van der Waals surface area contributed by atoms with Crippen LogP contribution in [0.15, 0.2) is 48.5 Å². The van der Waals surface area contributed by atoms with Gasteiger partial charge in [0.2, 0.25) is 11.8 Å². The van der Waals surface area contributed by atoms with Gasteiger partial charge < -0.3 is 10.6 Å². The average molecular weight is 382 g/mol. The molecule has 140 valence electrons. The molecule has 0 bridgehead atoms. The summed E-state index contributed by atoms with van der Waals surface area (Å²) in [5, 5.41) is 8.63. The van der Waals surface area contributed by atoms with E-state index in [9.17, 15) is 9.59 Å². The lowest BCUT2D eigenvalue weighted by atomic mass is 10.1. The van der Waals surface area contributed by atoms with Gasteiger partial charge in [-0.15, -0.1) is 0 Å². The molecule has 5 nitrogen and oxygen atoms in total. The van der Waals surface area contributed by atoms with E-state index in [2.05, 4.69) is 16.0 Å². The lowest BCUT2D eigenvalue weighted by molar-refractivity contribution is -0.116. The minimum atomic E-state index is -0.318. The van der Waals surface area contributed by atoms with Gasteiger partial charge in [0, 0.05) is 23.9 Å². The van der Waals surface area contributed by atoms with Gasteiger partial charge in [-0.05, 0) is 55.4 Å². The van der Waals surface area contributed by atoms with Crippen molar-refractivity contribution in [2.45, 2.75) is 27.2 Å². The SMILES string of the molecule is CCC(=O)Nc1cccc(NC(=S)NC(=O)/C=C/c2ccc(C)cc2)c1C. The maximum Gasteiger partial charge on any atom is 0.250 e. The highest BCUT2D eigenvalue weighted by molar-refractivity contribution is 7.80. The van der Waals surface area contributed by atoms with Crippen LogP contribution < -0.4 is 16.0 Å². The molecule has 0 saturated heterocycles. The highest BCUT2D eigenvalue weighted by Gasteiger charge is 2.08. The Morgan fingerprint density at radius 2 is 1.63 bits per heavy atom. The predicted molar refractivity (Wildman–Crippen MR) is 115 cm³/mol. The number of thiocarbonyl (C=S) groups is 1. The first-order chi connectivity index (χ1) is 12.9. The Morgan fingerprint density at radius 1 is 1.00 bits per heavy atom. The summed E-state index contributed by atoms with van der Waals surface area (Å²) in [6.07, 6.45) is 3.56. The Hall–Kier alpha value is -2.99. The summed E-state index contributed by atoms with van der Waals surface area (Å²) < 4.78 is 0. The van der Waals surface area contributed by atoms with Gasteiger partial charge in [0.05, 0.1) is 0 Å². The van der Waals surface area contributed by atoms with Crippen LogP contribution in [0.25, 0.3) is 6.08 Å². The molecule has 0 radical (unpaired) electrons. The number of hydrogen-bond acceptors (Lipinski definition) is 3. The first-order valence-corrected chi connectivity index (χ1v) is 9.06. The molecule has 6 heteroatoms. The maximum atomic E-state index is 12.0. The smallest absolute Gasteiger partial charge is 0.250 e. The molecule has 3 N–H and O–H groups in total. The van der Waals surface area contributed by atoms with Gasteiger partial charge in [0.15, 0.2) is 5.11 Å². The van der Waals surface area contributed by atoms with Gasteiger partial charge in [0.1, 0.15) is 0 Å². The number of amides is 2. The Morgan fingerprint density at radius 3 is 2.26 bits per heavy atom. The van der Waals surface area contributed by atoms with Crippen molar-refractivity contribution in [2.75, 3.05) is 10.6 Å². The third-order valence-electron chi connectivity index (χ3n) is 3.92. The molecule has 0 saturated carbocycles. The molecular formula is C21H23N3O2S.